The summed E-state index contributed by atoms with van der Waals surface area (Å²) in [6.45, 7) is 8.03. The summed E-state index contributed by atoms with van der Waals surface area (Å²) >= 11 is 0. The fourth-order valence-electron chi connectivity index (χ4n) is 2.23. The molecule has 112 valence electrons. The molecule has 0 aromatic rings. The van der Waals surface area contributed by atoms with E-state index in [1.165, 1.54) is 0 Å². The molecular formula is C14H22N2O4. The molecule has 6 heteroatoms. The minimum Gasteiger partial charge on any atom is -0.379 e. The molecule has 0 unspecified atom stereocenters. The Bertz CT molecular complexity index is 402. The Labute approximate surface area is 119 Å². The summed E-state index contributed by atoms with van der Waals surface area (Å²) < 4.78 is 5.31. The van der Waals surface area contributed by atoms with Gasteiger partial charge in [0.15, 0.2) is 0 Å². The van der Waals surface area contributed by atoms with Crippen LogP contribution in [0.15, 0.2) is 12.7 Å². The van der Waals surface area contributed by atoms with Gasteiger partial charge in [-0.1, -0.05) is 19.9 Å². The highest BCUT2D eigenvalue weighted by atomic mass is 16.5. The maximum atomic E-state index is 12.4. The van der Waals surface area contributed by atoms with Gasteiger partial charge in [0.05, 0.1) is 19.8 Å². The Kier molecular flexibility index (Phi) is 5.88. The monoisotopic (exact) mass is 282 g/mol. The molecule has 1 fully saturated rings. The number of hydrogen-bond acceptors (Lipinski definition) is 4. The van der Waals surface area contributed by atoms with Crippen molar-refractivity contribution in [1.82, 2.24) is 10.2 Å². The molecule has 0 saturated carbocycles. The second-order valence-electron chi connectivity index (χ2n) is 4.70. The topological polar surface area (TPSA) is 75.7 Å². The first-order valence-corrected chi connectivity index (χ1v) is 6.89. The summed E-state index contributed by atoms with van der Waals surface area (Å²) in [7, 11) is 0. The molecule has 1 saturated heterocycles. The zero-order valence-corrected chi connectivity index (χ0v) is 12.1. The molecule has 1 aliphatic heterocycles. The second-order valence-corrected chi connectivity index (χ2v) is 4.70. The number of hydrogen-bond donors (Lipinski definition) is 1. The number of urea groups is 1. The van der Waals surface area contributed by atoms with E-state index in [0.717, 1.165) is 4.90 Å². The Morgan fingerprint density at radius 3 is 2.45 bits per heavy atom. The molecule has 0 atom stereocenters. The Morgan fingerprint density at radius 2 is 1.90 bits per heavy atom. The molecule has 20 heavy (non-hydrogen) atoms. The fourth-order valence-corrected chi connectivity index (χ4v) is 2.23. The quantitative estimate of drug-likeness (QED) is 0.415. The lowest BCUT2D eigenvalue weighted by Gasteiger charge is -2.38. The lowest BCUT2D eigenvalue weighted by atomic mass is 9.78. The van der Waals surface area contributed by atoms with Gasteiger partial charge in [0.2, 0.25) is 11.8 Å². The standard InChI is InChI=1S/C14H22N2O4/c1-4-7-9-20-10-8-16-12(18)14(5-2,6-3)11(17)15-13(16)19/h4H,1,5-10H2,2-3H3,(H,15,17,19). The first kappa shape index (κ1) is 16.4. The molecule has 1 aliphatic rings. The first-order valence-electron chi connectivity index (χ1n) is 6.89. The van der Waals surface area contributed by atoms with Crippen molar-refractivity contribution in [2.45, 2.75) is 33.1 Å². The van der Waals surface area contributed by atoms with Crippen molar-refractivity contribution >= 4 is 17.8 Å². The lowest BCUT2D eigenvalue weighted by molar-refractivity contribution is -0.152. The molecule has 1 N–H and O–H groups in total. The Morgan fingerprint density at radius 1 is 1.25 bits per heavy atom. The van der Waals surface area contributed by atoms with Gasteiger partial charge in [-0.25, -0.2) is 4.79 Å². The third kappa shape index (κ3) is 3.07. The number of barbiturate groups is 1. The summed E-state index contributed by atoms with van der Waals surface area (Å²) in [5, 5.41) is 2.26. The van der Waals surface area contributed by atoms with Gasteiger partial charge in [-0.2, -0.15) is 0 Å². The lowest BCUT2D eigenvalue weighted by Crippen LogP contribution is -2.64. The number of amides is 4. The molecule has 0 spiro atoms. The van der Waals surface area contributed by atoms with Crippen LogP contribution in [0.25, 0.3) is 0 Å². The minimum absolute atomic E-state index is 0.150. The van der Waals surface area contributed by atoms with Crippen LogP contribution in [0.1, 0.15) is 33.1 Å². The van der Waals surface area contributed by atoms with E-state index in [0.29, 0.717) is 25.9 Å². The normalized spacial score (nSPS) is 18.1. The van der Waals surface area contributed by atoms with Crippen LogP contribution in [-0.4, -0.2) is 42.5 Å². The van der Waals surface area contributed by atoms with Crippen LogP contribution < -0.4 is 5.32 Å². The molecule has 0 bridgehead atoms. The highest BCUT2D eigenvalue weighted by molar-refractivity contribution is 6.19. The molecule has 1 rings (SSSR count). The predicted octanol–water partition coefficient (Wildman–Crippen LogP) is 1.46. The largest absolute Gasteiger partial charge is 0.379 e. The van der Waals surface area contributed by atoms with Crippen molar-refractivity contribution in [2.24, 2.45) is 5.41 Å². The molecule has 1 heterocycles. The summed E-state index contributed by atoms with van der Waals surface area (Å²) in [5.41, 5.74) is -1.13. The smallest absolute Gasteiger partial charge is 0.330 e. The van der Waals surface area contributed by atoms with Crippen molar-refractivity contribution in [3.8, 4) is 0 Å². The number of carbonyl (C=O) groups excluding carboxylic acids is 3. The van der Waals surface area contributed by atoms with Crippen LogP contribution >= 0.6 is 0 Å². The fraction of sp³-hybridized carbons (Fsp3) is 0.643. The summed E-state index contributed by atoms with van der Waals surface area (Å²) in [4.78, 5) is 37.2. The highest BCUT2D eigenvalue weighted by Crippen LogP contribution is 2.32. The molecule has 6 nitrogen and oxygen atoms in total. The van der Waals surface area contributed by atoms with E-state index in [1.807, 2.05) is 0 Å². The summed E-state index contributed by atoms with van der Waals surface area (Å²) in [6, 6.07) is -0.662. The van der Waals surface area contributed by atoms with E-state index in [2.05, 4.69) is 11.9 Å². The minimum atomic E-state index is -1.13. The average molecular weight is 282 g/mol. The number of imide groups is 2. The van der Waals surface area contributed by atoms with Gasteiger partial charge in [0, 0.05) is 0 Å². The van der Waals surface area contributed by atoms with Gasteiger partial charge < -0.3 is 4.74 Å². The van der Waals surface area contributed by atoms with Crippen molar-refractivity contribution in [1.29, 1.82) is 0 Å². The second kappa shape index (κ2) is 7.19. The number of nitrogens with one attached hydrogen (secondary N) is 1. The van der Waals surface area contributed by atoms with Crippen LogP contribution in [-0.2, 0) is 14.3 Å². The van der Waals surface area contributed by atoms with Gasteiger partial charge in [-0.3, -0.25) is 19.8 Å². The molecule has 0 radical (unpaired) electrons. The molecule has 0 aromatic carbocycles. The van der Waals surface area contributed by atoms with E-state index >= 15 is 0 Å². The van der Waals surface area contributed by atoms with E-state index < -0.39 is 23.3 Å². The van der Waals surface area contributed by atoms with Crippen LogP contribution in [0.2, 0.25) is 0 Å². The first-order chi connectivity index (χ1) is 9.53. The van der Waals surface area contributed by atoms with Gasteiger partial charge in [-0.15, -0.1) is 6.58 Å². The van der Waals surface area contributed by atoms with Crippen LogP contribution in [0.4, 0.5) is 4.79 Å². The van der Waals surface area contributed by atoms with Crippen LogP contribution in [0.3, 0.4) is 0 Å². The number of rotatable bonds is 8. The van der Waals surface area contributed by atoms with Crippen molar-refractivity contribution < 1.29 is 19.1 Å². The summed E-state index contributed by atoms with van der Waals surface area (Å²) in [6.07, 6.45) is 3.19. The maximum absolute atomic E-state index is 12.4. The van der Waals surface area contributed by atoms with E-state index in [1.54, 1.807) is 19.9 Å². The Balaban J connectivity index is 2.70. The zero-order valence-electron chi connectivity index (χ0n) is 12.1. The number of nitrogens with zero attached hydrogens (tertiary/aromatic N) is 1. The van der Waals surface area contributed by atoms with Crippen LogP contribution in [0, 0.1) is 5.41 Å². The van der Waals surface area contributed by atoms with Gasteiger partial charge in [0.25, 0.3) is 0 Å². The number of ether oxygens (including phenoxy) is 1. The SMILES string of the molecule is C=CCCOCCN1C(=O)NC(=O)C(CC)(CC)C1=O. The third-order valence-electron chi connectivity index (χ3n) is 3.69. The van der Waals surface area contributed by atoms with E-state index in [9.17, 15) is 14.4 Å². The van der Waals surface area contributed by atoms with Gasteiger partial charge >= 0.3 is 6.03 Å². The predicted molar refractivity (Wildman–Crippen MR) is 73.9 cm³/mol. The summed E-state index contributed by atoms with van der Waals surface area (Å²) in [5.74, 6) is -0.926. The molecular weight excluding hydrogens is 260 g/mol. The van der Waals surface area contributed by atoms with Crippen molar-refractivity contribution in [2.75, 3.05) is 19.8 Å². The highest BCUT2D eigenvalue weighted by Gasteiger charge is 2.51. The number of carbonyl (C=O) groups is 3. The average Bonchev–Trinajstić information content (AvgIpc) is 2.43. The third-order valence-corrected chi connectivity index (χ3v) is 3.69. The molecule has 0 aromatic heterocycles. The molecule has 0 aliphatic carbocycles. The van der Waals surface area contributed by atoms with Crippen LogP contribution in [0.5, 0.6) is 0 Å². The Hall–Kier alpha value is -1.69. The maximum Gasteiger partial charge on any atom is 0.330 e. The molecule has 4 amide bonds. The zero-order chi connectivity index (χ0) is 15.2. The van der Waals surface area contributed by atoms with E-state index in [4.69, 9.17) is 4.74 Å². The van der Waals surface area contributed by atoms with Crippen molar-refractivity contribution in [3.63, 3.8) is 0 Å². The van der Waals surface area contributed by atoms with E-state index in [-0.39, 0.29) is 13.2 Å². The van der Waals surface area contributed by atoms with Crippen molar-refractivity contribution in [3.05, 3.63) is 12.7 Å². The van der Waals surface area contributed by atoms with Gasteiger partial charge in [-0.05, 0) is 19.3 Å². The van der Waals surface area contributed by atoms with Gasteiger partial charge in [0.1, 0.15) is 5.41 Å².